The summed E-state index contributed by atoms with van der Waals surface area (Å²) in [5.74, 6) is -0.0944. The fourth-order valence-corrected chi connectivity index (χ4v) is 3.22. The van der Waals surface area contributed by atoms with Gasteiger partial charge in [0.2, 0.25) is 5.91 Å². The molecule has 0 saturated carbocycles. The maximum Gasteiger partial charge on any atom is 0.244 e. The molecule has 0 fully saturated rings. The number of fused-ring (bicyclic) bond motifs is 2. The van der Waals surface area contributed by atoms with Crippen molar-refractivity contribution in [3.63, 3.8) is 0 Å². The van der Waals surface area contributed by atoms with Crippen molar-refractivity contribution in [3.8, 4) is 0 Å². The Bertz CT molecular complexity index is 990. The highest BCUT2D eigenvalue weighted by molar-refractivity contribution is 9.10. The number of aromatic nitrogens is 4. The number of benzene rings is 2. The minimum Gasteiger partial charge on any atom is -0.273 e. The molecule has 4 aromatic rings. The van der Waals surface area contributed by atoms with E-state index in [4.69, 9.17) is 0 Å². The van der Waals surface area contributed by atoms with E-state index in [2.05, 4.69) is 47.2 Å². The molecule has 0 unspecified atom stereocenters. The largest absolute Gasteiger partial charge is 0.273 e. The summed E-state index contributed by atoms with van der Waals surface area (Å²) >= 11 is 6.68. The van der Waals surface area contributed by atoms with Crippen molar-refractivity contribution in [1.29, 1.82) is 0 Å². The first kappa shape index (κ1) is 15.9. The van der Waals surface area contributed by atoms with Gasteiger partial charge in [-0.05, 0) is 44.0 Å². The number of nitrogens with zero attached hydrogens (tertiary/aromatic N) is 3. The standard InChI is InChI=1S/C9H7BrN2O.C7H5BrN2/c1-6(13)12-9(10)7-4-2-3-5-8(7)11-12;8-7-5-3-1-2-4-6(5)9-10-7/h2-5H,1H3;1-4H,(H,9,10). The van der Waals surface area contributed by atoms with E-state index in [0.717, 1.165) is 31.0 Å². The number of para-hydroxylation sites is 1. The average Bonchev–Trinajstić information content (AvgIpc) is 3.10. The summed E-state index contributed by atoms with van der Waals surface area (Å²) in [6.45, 7) is 1.48. The first-order valence-electron chi connectivity index (χ1n) is 6.80. The van der Waals surface area contributed by atoms with Gasteiger partial charge in [0.05, 0.1) is 11.0 Å². The van der Waals surface area contributed by atoms with Crippen LogP contribution in [0.4, 0.5) is 0 Å². The van der Waals surface area contributed by atoms with Crippen molar-refractivity contribution in [1.82, 2.24) is 20.0 Å². The molecule has 1 N–H and O–H groups in total. The Kier molecular flexibility index (Phi) is 4.58. The maximum absolute atomic E-state index is 11.1. The second-order valence-electron chi connectivity index (χ2n) is 4.79. The number of hydrogen-bond acceptors (Lipinski definition) is 3. The van der Waals surface area contributed by atoms with Crippen LogP contribution in [0.2, 0.25) is 0 Å². The lowest BCUT2D eigenvalue weighted by Crippen LogP contribution is -2.07. The molecule has 23 heavy (non-hydrogen) atoms. The molecular formula is C16H12Br2N4O. The lowest BCUT2D eigenvalue weighted by molar-refractivity contribution is 0.0919. The van der Waals surface area contributed by atoms with Gasteiger partial charge in [0.1, 0.15) is 9.21 Å². The van der Waals surface area contributed by atoms with Crippen LogP contribution in [0, 0.1) is 0 Å². The average molecular weight is 436 g/mol. The number of carbonyl (C=O) groups is 1. The molecule has 2 aromatic carbocycles. The molecular weight excluding hydrogens is 424 g/mol. The van der Waals surface area contributed by atoms with E-state index in [9.17, 15) is 4.79 Å². The summed E-state index contributed by atoms with van der Waals surface area (Å²) in [6, 6.07) is 15.6. The molecule has 0 aliphatic heterocycles. The molecule has 0 amide bonds. The van der Waals surface area contributed by atoms with Gasteiger partial charge in [-0.15, -0.1) is 0 Å². The summed E-state index contributed by atoms with van der Waals surface area (Å²) in [4.78, 5) is 11.1. The second-order valence-corrected chi connectivity index (χ2v) is 6.34. The topological polar surface area (TPSA) is 63.6 Å². The van der Waals surface area contributed by atoms with E-state index in [1.807, 2.05) is 48.5 Å². The van der Waals surface area contributed by atoms with Crippen LogP contribution < -0.4 is 0 Å². The Hall–Kier alpha value is -1.99. The molecule has 7 heteroatoms. The number of aromatic amines is 1. The van der Waals surface area contributed by atoms with E-state index < -0.39 is 0 Å². The van der Waals surface area contributed by atoms with Gasteiger partial charge in [0.15, 0.2) is 0 Å². The minimum atomic E-state index is -0.0944. The monoisotopic (exact) mass is 434 g/mol. The number of halogens is 2. The summed E-state index contributed by atoms with van der Waals surface area (Å²) < 4.78 is 3.02. The van der Waals surface area contributed by atoms with Gasteiger partial charge in [-0.3, -0.25) is 9.89 Å². The predicted molar refractivity (Wildman–Crippen MR) is 97.5 cm³/mol. The van der Waals surface area contributed by atoms with Gasteiger partial charge in [-0.25, -0.2) is 0 Å². The van der Waals surface area contributed by atoms with Gasteiger partial charge in [0.25, 0.3) is 0 Å². The molecule has 5 nitrogen and oxygen atoms in total. The summed E-state index contributed by atoms with van der Waals surface area (Å²) in [5.41, 5.74) is 1.82. The summed E-state index contributed by atoms with van der Waals surface area (Å²) in [6.07, 6.45) is 0. The smallest absolute Gasteiger partial charge is 0.244 e. The zero-order valence-electron chi connectivity index (χ0n) is 12.1. The molecule has 2 heterocycles. The fourth-order valence-electron chi connectivity index (χ4n) is 2.14. The van der Waals surface area contributed by atoms with Crippen molar-refractivity contribution in [2.24, 2.45) is 0 Å². The molecule has 0 aliphatic rings. The SMILES string of the molecule is Brc1[nH]nc2ccccc12.CC(=O)n1nc2ccccc2c1Br. The Labute approximate surface area is 148 Å². The van der Waals surface area contributed by atoms with Gasteiger partial charge in [-0.2, -0.15) is 14.9 Å². The summed E-state index contributed by atoms with van der Waals surface area (Å²) in [5, 5.41) is 13.1. The van der Waals surface area contributed by atoms with Crippen LogP contribution in [0.15, 0.2) is 57.7 Å². The van der Waals surface area contributed by atoms with Gasteiger partial charge in [0, 0.05) is 17.7 Å². The maximum atomic E-state index is 11.1. The number of hydrogen-bond donors (Lipinski definition) is 1. The third-order valence-electron chi connectivity index (χ3n) is 3.23. The number of nitrogens with one attached hydrogen (secondary N) is 1. The second kappa shape index (κ2) is 6.64. The molecule has 0 spiro atoms. The Balaban J connectivity index is 0.000000140. The lowest BCUT2D eigenvalue weighted by Gasteiger charge is -1.93. The van der Waals surface area contributed by atoms with E-state index in [-0.39, 0.29) is 5.91 Å². The zero-order chi connectivity index (χ0) is 16.4. The van der Waals surface area contributed by atoms with Crippen LogP contribution in [0.5, 0.6) is 0 Å². The first-order valence-corrected chi connectivity index (χ1v) is 8.39. The third kappa shape index (κ3) is 3.20. The van der Waals surface area contributed by atoms with E-state index in [0.29, 0.717) is 0 Å². The first-order chi connectivity index (χ1) is 11.1. The molecule has 116 valence electrons. The van der Waals surface area contributed by atoms with Gasteiger partial charge < -0.3 is 0 Å². The molecule has 0 atom stereocenters. The molecule has 0 saturated heterocycles. The normalized spacial score (nSPS) is 10.6. The van der Waals surface area contributed by atoms with Crippen molar-refractivity contribution >= 4 is 59.6 Å². The lowest BCUT2D eigenvalue weighted by atomic mass is 10.3. The highest BCUT2D eigenvalue weighted by Gasteiger charge is 2.09. The molecule has 0 aliphatic carbocycles. The van der Waals surface area contributed by atoms with Gasteiger partial charge >= 0.3 is 0 Å². The van der Waals surface area contributed by atoms with Gasteiger partial charge in [-0.1, -0.05) is 36.4 Å². The van der Waals surface area contributed by atoms with E-state index >= 15 is 0 Å². The van der Waals surface area contributed by atoms with Crippen LogP contribution >= 0.6 is 31.9 Å². The molecule has 2 aromatic heterocycles. The van der Waals surface area contributed by atoms with E-state index in [1.165, 1.54) is 11.6 Å². The van der Waals surface area contributed by atoms with Crippen LogP contribution in [-0.2, 0) is 0 Å². The number of carbonyl (C=O) groups excluding carboxylic acids is 1. The van der Waals surface area contributed by atoms with Crippen LogP contribution in [0.25, 0.3) is 21.8 Å². The van der Waals surface area contributed by atoms with E-state index in [1.54, 1.807) is 0 Å². The number of H-pyrrole nitrogens is 1. The van der Waals surface area contributed by atoms with Crippen molar-refractivity contribution in [2.45, 2.75) is 6.92 Å². The Morgan fingerprint density at radius 3 is 2.22 bits per heavy atom. The third-order valence-corrected chi connectivity index (χ3v) is 4.60. The van der Waals surface area contributed by atoms with Crippen LogP contribution in [0.1, 0.15) is 11.7 Å². The van der Waals surface area contributed by atoms with Crippen LogP contribution in [-0.4, -0.2) is 25.9 Å². The van der Waals surface area contributed by atoms with Crippen molar-refractivity contribution in [3.05, 3.63) is 57.7 Å². The Morgan fingerprint density at radius 1 is 1.00 bits per heavy atom. The highest BCUT2D eigenvalue weighted by Crippen LogP contribution is 2.23. The van der Waals surface area contributed by atoms with Crippen LogP contribution in [0.3, 0.4) is 0 Å². The predicted octanol–water partition coefficient (Wildman–Crippen LogP) is 4.78. The molecule has 0 bridgehead atoms. The van der Waals surface area contributed by atoms with Crippen molar-refractivity contribution in [2.75, 3.05) is 0 Å². The van der Waals surface area contributed by atoms with Crippen molar-refractivity contribution < 1.29 is 4.79 Å². The minimum absolute atomic E-state index is 0.0944. The number of rotatable bonds is 0. The highest BCUT2D eigenvalue weighted by atomic mass is 79.9. The molecule has 0 radical (unpaired) electrons. The zero-order valence-corrected chi connectivity index (χ0v) is 15.3. The summed E-state index contributed by atoms with van der Waals surface area (Å²) in [7, 11) is 0. The Morgan fingerprint density at radius 2 is 1.61 bits per heavy atom. The fraction of sp³-hybridized carbons (Fsp3) is 0.0625. The quantitative estimate of drug-likeness (QED) is 0.432. The molecule has 4 rings (SSSR count).